The monoisotopic (exact) mass is 242 g/mol. The Kier molecular flexibility index (Phi) is 2.89. The minimum Gasteiger partial charge on any atom is -0.340 e. The quantitative estimate of drug-likeness (QED) is 0.745. The first-order valence-electron chi connectivity index (χ1n) is 5.42. The summed E-state index contributed by atoms with van der Waals surface area (Å²) in [6, 6.07) is 1.62. The van der Waals surface area contributed by atoms with E-state index in [4.69, 9.17) is 5.26 Å². The van der Waals surface area contributed by atoms with Crippen molar-refractivity contribution >= 4 is 15.7 Å². The van der Waals surface area contributed by atoms with E-state index in [2.05, 4.69) is 11.4 Å². The van der Waals surface area contributed by atoms with Crippen molar-refractivity contribution in [3.05, 3.63) is 0 Å². The fourth-order valence-electron chi connectivity index (χ4n) is 1.96. The van der Waals surface area contributed by atoms with Crippen molar-refractivity contribution < 1.29 is 13.2 Å². The Bertz CT molecular complexity index is 433. The molecule has 0 aromatic heterocycles. The smallest absolute Gasteiger partial charge is 0.225 e. The molecule has 1 saturated carbocycles. The highest BCUT2D eigenvalue weighted by molar-refractivity contribution is 7.91. The number of hydrogen-bond donors (Lipinski definition) is 1. The zero-order valence-electron chi connectivity index (χ0n) is 8.85. The van der Waals surface area contributed by atoms with Crippen LogP contribution in [-0.4, -0.2) is 31.9 Å². The van der Waals surface area contributed by atoms with Crippen LogP contribution in [0.2, 0.25) is 0 Å². The van der Waals surface area contributed by atoms with Gasteiger partial charge >= 0.3 is 0 Å². The molecule has 0 spiro atoms. The molecule has 0 aromatic carbocycles. The van der Waals surface area contributed by atoms with Gasteiger partial charge in [0, 0.05) is 0 Å². The Labute approximate surface area is 94.7 Å². The predicted octanol–water partition coefficient (Wildman–Crippen LogP) is -0.161. The average Bonchev–Trinajstić information content (AvgIpc) is 2.99. The molecule has 2 aliphatic rings. The van der Waals surface area contributed by atoms with Gasteiger partial charge < -0.3 is 5.32 Å². The summed E-state index contributed by atoms with van der Waals surface area (Å²) in [5, 5.41) is 11.5. The third kappa shape index (κ3) is 2.53. The molecule has 16 heavy (non-hydrogen) atoms. The van der Waals surface area contributed by atoms with Crippen LogP contribution < -0.4 is 5.32 Å². The van der Waals surface area contributed by atoms with E-state index in [9.17, 15) is 13.2 Å². The molecular formula is C10H14N2O3S. The van der Waals surface area contributed by atoms with Crippen molar-refractivity contribution in [1.29, 1.82) is 5.26 Å². The third-order valence-electron chi connectivity index (χ3n) is 3.13. The number of hydrogen-bond acceptors (Lipinski definition) is 4. The van der Waals surface area contributed by atoms with E-state index in [1.165, 1.54) is 0 Å². The third-order valence-corrected chi connectivity index (χ3v) is 4.90. The number of nitrogens with one attached hydrogen (secondary N) is 1. The first-order chi connectivity index (χ1) is 7.52. The Morgan fingerprint density at radius 2 is 2.06 bits per heavy atom. The van der Waals surface area contributed by atoms with Crippen LogP contribution >= 0.6 is 0 Å². The summed E-state index contributed by atoms with van der Waals surface area (Å²) in [7, 11) is -3.03. The van der Waals surface area contributed by atoms with Crippen LogP contribution in [-0.2, 0) is 14.6 Å². The second kappa shape index (κ2) is 4.06. The maximum absolute atomic E-state index is 11.7. The van der Waals surface area contributed by atoms with Gasteiger partial charge in [-0.15, -0.1) is 0 Å². The minimum atomic E-state index is -3.03. The summed E-state index contributed by atoms with van der Waals surface area (Å²) in [5.74, 6) is -0.445. The number of nitrogens with zero attached hydrogens (tertiary/aromatic N) is 1. The van der Waals surface area contributed by atoms with Crippen LogP contribution in [0, 0.1) is 23.2 Å². The van der Waals surface area contributed by atoms with Crippen molar-refractivity contribution in [3.8, 4) is 6.07 Å². The van der Waals surface area contributed by atoms with E-state index >= 15 is 0 Å². The van der Waals surface area contributed by atoms with E-state index in [1.807, 2.05) is 0 Å². The molecular weight excluding hydrogens is 228 g/mol. The van der Waals surface area contributed by atoms with Gasteiger partial charge in [0.1, 0.15) is 6.04 Å². The van der Waals surface area contributed by atoms with Gasteiger partial charge in [0.25, 0.3) is 0 Å². The maximum atomic E-state index is 11.7. The van der Waals surface area contributed by atoms with Crippen molar-refractivity contribution in [2.24, 2.45) is 11.8 Å². The highest BCUT2D eigenvalue weighted by Crippen LogP contribution is 2.32. The largest absolute Gasteiger partial charge is 0.340 e. The number of nitriles is 1. The second-order valence-corrected chi connectivity index (χ2v) is 6.78. The molecule has 1 amide bonds. The molecule has 1 N–H and O–H groups in total. The number of carbonyl (C=O) groups is 1. The van der Waals surface area contributed by atoms with Crippen LogP contribution in [0.25, 0.3) is 0 Å². The fourth-order valence-corrected chi connectivity index (χ4v) is 3.70. The molecule has 88 valence electrons. The molecule has 0 radical (unpaired) electrons. The summed E-state index contributed by atoms with van der Waals surface area (Å²) in [4.78, 5) is 11.7. The number of rotatable bonds is 3. The number of sulfone groups is 1. The summed E-state index contributed by atoms with van der Waals surface area (Å²) in [6.45, 7) is 0. The lowest BCUT2D eigenvalue weighted by Gasteiger charge is -2.13. The topological polar surface area (TPSA) is 87.0 Å². The molecule has 0 bridgehead atoms. The van der Waals surface area contributed by atoms with Crippen molar-refractivity contribution in [3.63, 3.8) is 0 Å². The van der Waals surface area contributed by atoms with Gasteiger partial charge in [-0.05, 0) is 25.2 Å². The van der Waals surface area contributed by atoms with E-state index in [-0.39, 0.29) is 23.3 Å². The summed E-state index contributed by atoms with van der Waals surface area (Å²) in [5.41, 5.74) is 0. The van der Waals surface area contributed by atoms with Gasteiger partial charge in [0.05, 0.1) is 23.5 Å². The Morgan fingerprint density at radius 3 is 2.50 bits per heavy atom. The van der Waals surface area contributed by atoms with Gasteiger partial charge in [-0.2, -0.15) is 5.26 Å². The van der Waals surface area contributed by atoms with Crippen LogP contribution in [0.15, 0.2) is 0 Å². The minimum absolute atomic E-state index is 0.0678. The van der Waals surface area contributed by atoms with Crippen molar-refractivity contribution in [2.45, 2.75) is 25.3 Å². The molecule has 5 nitrogen and oxygen atoms in total. The summed E-state index contributed by atoms with van der Waals surface area (Å²) >= 11 is 0. The van der Waals surface area contributed by atoms with Crippen molar-refractivity contribution in [2.75, 3.05) is 11.5 Å². The standard InChI is InChI=1S/C10H14N2O3S/c11-5-9(7-1-2-7)12-10(13)8-3-4-16(14,15)6-8/h7-9H,1-4,6H2,(H,12,13). The SMILES string of the molecule is N#CC(NC(=O)C1CCS(=O)(=O)C1)C1CC1. The Balaban J connectivity index is 1.91. The van der Waals surface area contributed by atoms with E-state index in [1.54, 1.807) is 0 Å². The van der Waals surface area contributed by atoms with Gasteiger partial charge in [0.2, 0.25) is 5.91 Å². The molecule has 6 heteroatoms. The lowest BCUT2D eigenvalue weighted by molar-refractivity contribution is -0.124. The van der Waals surface area contributed by atoms with Gasteiger partial charge in [-0.25, -0.2) is 8.42 Å². The normalized spacial score (nSPS) is 29.3. The first kappa shape index (κ1) is 11.4. The lowest BCUT2D eigenvalue weighted by Crippen LogP contribution is -2.39. The molecule has 2 atom stereocenters. The molecule has 1 saturated heterocycles. The van der Waals surface area contributed by atoms with E-state index < -0.39 is 21.8 Å². The molecule has 1 aliphatic carbocycles. The number of carbonyl (C=O) groups excluding carboxylic acids is 1. The predicted molar refractivity (Wildman–Crippen MR) is 57.0 cm³/mol. The van der Waals surface area contributed by atoms with Crippen molar-refractivity contribution in [1.82, 2.24) is 5.32 Å². The average molecular weight is 242 g/mol. The molecule has 2 fully saturated rings. The maximum Gasteiger partial charge on any atom is 0.225 e. The lowest BCUT2D eigenvalue weighted by atomic mass is 10.1. The van der Waals surface area contributed by atoms with Gasteiger partial charge in [-0.3, -0.25) is 4.79 Å². The Morgan fingerprint density at radius 1 is 1.38 bits per heavy atom. The molecule has 0 aromatic rings. The van der Waals surface area contributed by atoms with Gasteiger partial charge in [-0.1, -0.05) is 0 Å². The van der Waals surface area contributed by atoms with Crippen LogP contribution in [0.5, 0.6) is 0 Å². The van der Waals surface area contributed by atoms with Gasteiger partial charge in [0.15, 0.2) is 9.84 Å². The second-order valence-electron chi connectivity index (χ2n) is 4.55. The number of amides is 1. The highest BCUT2D eigenvalue weighted by Gasteiger charge is 2.37. The molecule has 2 unspecified atom stereocenters. The van der Waals surface area contributed by atoms with E-state index in [0.29, 0.717) is 6.42 Å². The Hall–Kier alpha value is -1.09. The molecule has 1 aliphatic heterocycles. The zero-order chi connectivity index (χ0) is 11.8. The summed E-state index contributed by atoms with van der Waals surface area (Å²) in [6.07, 6.45) is 2.33. The summed E-state index contributed by atoms with van der Waals surface area (Å²) < 4.78 is 22.4. The van der Waals surface area contributed by atoms with Crippen LogP contribution in [0.1, 0.15) is 19.3 Å². The van der Waals surface area contributed by atoms with Crippen LogP contribution in [0.3, 0.4) is 0 Å². The molecule has 2 rings (SSSR count). The molecule has 1 heterocycles. The van der Waals surface area contributed by atoms with Crippen LogP contribution in [0.4, 0.5) is 0 Å². The highest BCUT2D eigenvalue weighted by atomic mass is 32.2. The zero-order valence-corrected chi connectivity index (χ0v) is 9.66. The first-order valence-corrected chi connectivity index (χ1v) is 7.24. The van der Waals surface area contributed by atoms with E-state index in [0.717, 1.165) is 12.8 Å². The fraction of sp³-hybridized carbons (Fsp3) is 0.800.